The summed E-state index contributed by atoms with van der Waals surface area (Å²) in [5.41, 5.74) is 6.57. The Morgan fingerprint density at radius 1 is 1.43 bits per heavy atom. The van der Waals surface area contributed by atoms with Crippen molar-refractivity contribution in [2.45, 2.75) is 0 Å². The summed E-state index contributed by atoms with van der Waals surface area (Å²) in [4.78, 5) is 14.8. The van der Waals surface area contributed by atoms with Crippen molar-refractivity contribution in [2.24, 2.45) is 0 Å². The lowest BCUT2D eigenvalue weighted by molar-refractivity contribution is 0.0698. The van der Waals surface area contributed by atoms with Gasteiger partial charge in [0.05, 0.1) is 11.1 Å². The Bertz CT molecular complexity index is 508. The van der Waals surface area contributed by atoms with Crippen LogP contribution in [-0.4, -0.2) is 16.1 Å². The first-order chi connectivity index (χ1) is 6.68. The molecule has 0 amide bonds. The van der Waals surface area contributed by atoms with Crippen LogP contribution in [0, 0.1) is 0 Å². The molecular formula is C10H8N2O2. The predicted molar refractivity (Wildman–Crippen MR) is 53.1 cm³/mol. The monoisotopic (exact) mass is 188 g/mol. The molecule has 0 saturated carbocycles. The van der Waals surface area contributed by atoms with Gasteiger partial charge in [-0.25, -0.2) is 4.79 Å². The molecule has 0 saturated heterocycles. The summed E-state index contributed by atoms with van der Waals surface area (Å²) < 4.78 is 0. The highest BCUT2D eigenvalue weighted by Crippen LogP contribution is 2.19. The topological polar surface area (TPSA) is 76.2 Å². The number of nitrogens with zero attached hydrogens (tertiary/aromatic N) is 1. The minimum atomic E-state index is -1.03. The average Bonchev–Trinajstić information content (AvgIpc) is 2.16. The molecule has 2 aromatic rings. The van der Waals surface area contributed by atoms with Crippen LogP contribution >= 0.6 is 0 Å². The number of fused-ring (bicyclic) bond motifs is 1. The second kappa shape index (κ2) is 2.99. The molecule has 1 aromatic carbocycles. The van der Waals surface area contributed by atoms with Crippen LogP contribution in [0.25, 0.3) is 10.9 Å². The van der Waals surface area contributed by atoms with E-state index in [1.165, 1.54) is 6.07 Å². The number of anilines is 1. The molecule has 0 spiro atoms. The second-order valence-electron chi connectivity index (χ2n) is 2.94. The number of hydrogen-bond acceptors (Lipinski definition) is 3. The summed E-state index contributed by atoms with van der Waals surface area (Å²) >= 11 is 0. The van der Waals surface area contributed by atoms with Crippen molar-refractivity contribution in [1.82, 2.24) is 4.98 Å². The third kappa shape index (κ3) is 1.26. The van der Waals surface area contributed by atoms with Crippen molar-refractivity contribution >= 4 is 22.6 Å². The zero-order chi connectivity index (χ0) is 10.1. The van der Waals surface area contributed by atoms with Crippen LogP contribution in [0.4, 0.5) is 5.69 Å². The molecule has 0 radical (unpaired) electrons. The van der Waals surface area contributed by atoms with Gasteiger partial charge < -0.3 is 10.8 Å². The van der Waals surface area contributed by atoms with Crippen molar-refractivity contribution in [3.8, 4) is 0 Å². The summed E-state index contributed by atoms with van der Waals surface area (Å²) in [7, 11) is 0. The third-order valence-electron chi connectivity index (χ3n) is 2.00. The number of rotatable bonds is 1. The first-order valence-electron chi connectivity index (χ1n) is 4.06. The predicted octanol–water partition coefficient (Wildman–Crippen LogP) is 1.52. The Morgan fingerprint density at radius 3 is 2.93 bits per heavy atom. The highest BCUT2D eigenvalue weighted by Gasteiger charge is 2.08. The fraction of sp³-hybridized carbons (Fsp3) is 0. The van der Waals surface area contributed by atoms with Gasteiger partial charge in [0.1, 0.15) is 0 Å². The van der Waals surface area contributed by atoms with Crippen molar-refractivity contribution in [3.05, 3.63) is 36.0 Å². The van der Waals surface area contributed by atoms with Crippen LogP contribution in [0.1, 0.15) is 10.4 Å². The normalized spacial score (nSPS) is 10.3. The molecule has 3 N–H and O–H groups in total. The Kier molecular flexibility index (Phi) is 1.81. The highest BCUT2D eigenvalue weighted by atomic mass is 16.4. The van der Waals surface area contributed by atoms with Crippen LogP contribution in [0.3, 0.4) is 0 Å². The number of hydrogen-bond donors (Lipinski definition) is 2. The zero-order valence-corrected chi connectivity index (χ0v) is 7.27. The molecule has 0 bridgehead atoms. The molecule has 0 aliphatic heterocycles. The van der Waals surface area contributed by atoms with Crippen molar-refractivity contribution in [3.63, 3.8) is 0 Å². The molecule has 0 aliphatic rings. The molecule has 0 fully saturated rings. The molecule has 4 nitrogen and oxygen atoms in total. The molecule has 14 heavy (non-hydrogen) atoms. The molecule has 2 rings (SSSR count). The number of aromatic nitrogens is 1. The Labute approximate surface area is 80.0 Å². The largest absolute Gasteiger partial charge is 0.478 e. The van der Waals surface area contributed by atoms with Gasteiger partial charge in [0.25, 0.3) is 0 Å². The molecule has 70 valence electrons. The number of carboxylic acid groups (broad SMARTS) is 1. The Balaban J connectivity index is 2.77. The number of nitrogens with two attached hydrogens (primary N) is 1. The van der Waals surface area contributed by atoms with Crippen LogP contribution in [-0.2, 0) is 0 Å². The van der Waals surface area contributed by atoms with Gasteiger partial charge in [-0.3, -0.25) is 4.98 Å². The Morgan fingerprint density at radius 2 is 2.21 bits per heavy atom. The van der Waals surface area contributed by atoms with E-state index >= 15 is 0 Å². The van der Waals surface area contributed by atoms with E-state index in [9.17, 15) is 4.79 Å². The van der Waals surface area contributed by atoms with Crippen molar-refractivity contribution in [2.75, 3.05) is 5.73 Å². The molecular weight excluding hydrogens is 180 g/mol. The Hall–Kier alpha value is -2.10. The van der Waals surface area contributed by atoms with Gasteiger partial charge in [-0.05, 0) is 18.2 Å². The summed E-state index contributed by atoms with van der Waals surface area (Å²) in [5, 5.41) is 9.66. The van der Waals surface area contributed by atoms with Gasteiger partial charge in [0.15, 0.2) is 0 Å². The zero-order valence-electron chi connectivity index (χ0n) is 7.27. The smallest absolute Gasteiger partial charge is 0.337 e. The van der Waals surface area contributed by atoms with Crippen molar-refractivity contribution in [1.29, 1.82) is 0 Å². The fourth-order valence-electron chi connectivity index (χ4n) is 1.32. The molecule has 1 heterocycles. The second-order valence-corrected chi connectivity index (χ2v) is 2.94. The van der Waals surface area contributed by atoms with Gasteiger partial charge in [0.2, 0.25) is 0 Å². The molecule has 1 aromatic heterocycles. The van der Waals surface area contributed by atoms with Gasteiger partial charge in [0, 0.05) is 17.3 Å². The lowest BCUT2D eigenvalue weighted by Gasteiger charge is -2.02. The first kappa shape index (κ1) is 8.50. The number of carbonyl (C=O) groups is 1. The van der Waals surface area contributed by atoms with E-state index in [4.69, 9.17) is 10.8 Å². The quantitative estimate of drug-likeness (QED) is 0.665. The van der Waals surface area contributed by atoms with Crippen LogP contribution in [0.2, 0.25) is 0 Å². The van der Waals surface area contributed by atoms with Crippen LogP contribution in [0.5, 0.6) is 0 Å². The van der Waals surface area contributed by atoms with E-state index in [2.05, 4.69) is 4.98 Å². The van der Waals surface area contributed by atoms with E-state index in [0.717, 1.165) is 5.39 Å². The van der Waals surface area contributed by atoms with Crippen molar-refractivity contribution < 1.29 is 9.90 Å². The minimum absolute atomic E-state index is 0.0937. The van der Waals surface area contributed by atoms with E-state index in [1.54, 1.807) is 18.3 Å². The van der Waals surface area contributed by atoms with Gasteiger partial charge in [-0.1, -0.05) is 6.07 Å². The van der Waals surface area contributed by atoms with E-state index in [1.807, 2.05) is 6.07 Å². The summed E-state index contributed by atoms with van der Waals surface area (Å²) in [6.07, 6.45) is 1.62. The summed E-state index contributed by atoms with van der Waals surface area (Å²) in [5.74, 6) is -1.03. The van der Waals surface area contributed by atoms with E-state index in [0.29, 0.717) is 5.52 Å². The summed E-state index contributed by atoms with van der Waals surface area (Å²) in [6, 6.07) is 6.71. The lowest BCUT2D eigenvalue weighted by Crippen LogP contribution is -2.02. The molecule has 0 atom stereocenters. The first-order valence-corrected chi connectivity index (χ1v) is 4.06. The van der Waals surface area contributed by atoms with Crippen LogP contribution < -0.4 is 5.73 Å². The SMILES string of the molecule is Nc1cc2cccnc2cc1C(=O)O. The maximum Gasteiger partial charge on any atom is 0.337 e. The van der Waals surface area contributed by atoms with Gasteiger partial charge in [-0.2, -0.15) is 0 Å². The van der Waals surface area contributed by atoms with E-state index < -0.39 is 5.97 Å². The number of aromatic carboxylic acids is 1. The third-order valence-corrected chi connectivity index (χ3v) is 2.00. The highest BCUT2D eigenvalue weighted by molar-refractivity contribution is 5.99. The van der Waals surface area contributed by atoms with Crippen LogP contribution in [0.15, 0.2) is 30.5 Å². The van der Waals surface area contributed by atoms with E-state index in [-0.39, 0.29) is 11.3 Å². The fourth-order valence-corrected chi connectivity index (χ4v) is 1.32. The maximum atomic E-state index is 10.8. The average molecular weight is 188 g/mol. The molecule has 4 heteroatoms. The maximum absolute atomic E-state index is 10.8. The summed E-state index contributed by atoms with van der Waals surface area (Å²) in [6.45, 7) is 0. The number of pyridine rings is 1. The standard InChI is InChI=1S/C10H8N2O2/c11-8-4-6-2-1-3-12-9(6)5-7(8)10(13)14/h1-5H,11H2,(H,13,14). The molecule has 0 aliphatic carbocycles. The molecule has 0 unspecified atom stereocenters. The number of carboxylic acids is 1. The number of benzene rings is 1. The number of nitrogen functional groups attached to an aromatic ring is 1. The minimum Gasteiger partial charge on any atom is -0.478 e. The van der Waals surface area contributed by atoms with Gasteiger partial charge in [-0.15, -0.1) is 0 Å². The lowest BCUT2D eigenvalue weighted by atomic mass is 10.1. The van der Waals surface area contributed by atoms with Gasteiger partial charge >= 0.3 is 5.97 Å².